The number of fused-ring (bicyclic) bond motifs is 1. The number of sulfonamides is 1. The molecule has 0 saturated carbocycles. The molecule has 0 fully saturated rings. The van der Waals surface area contributed by atoms with Gasteiger partial charge >= 0.3 is 0 Å². The quantitative estimate of drug-likeness (QED) is 0.208. The minimum absolute atomic E-state index is 0.0254. The molecular formula is C30H31N5O5S2. The van der Waals surface area contributed by atoms with Crippen LogP contribution in [0.2, 0.25) is 0 Å². The Morgan fingerprint density at radius 3 is 2.69 bits per heavy atom. The molecule has 1 amide bonds. The van der Waals surface area contributed by atoms with Crippen LogP contribution in [0, 0.1) is 0 Å². The summed E-state index contributed by atoms with van der Waals surface area (Å²) < 4.78 is 35.8. The summed E-state index contributed by atoms with van der Waals surface area (Å²) in [7, 11) is -3.86. The topological polar surface area (TPSA) is 132 Å². The Balaban J connectivity index is 1.36. The van der Waals surface area contributed by atoms with Crippen molar-refractivity contribution in [2.45, 2.75) is 42.7 Å². The van der Waals surface area contributed by atoms with Crippen LogP contribution in [-0.2, 0) is 14.8 Å². The molecule has 12 heteroatoms. The average molecular weight is 606 g/mol. The lowest BCUT2D eigenvalue weighted by Crippen LogP contribution is -2.30. The molecule has 0 atom stereocenters. The number of ether oxygens (including phenoxy) is 1. The van der Waals surface area contributed by atoms with E-state index in [-0.39, 0.29) is 22.1 Å². The first-order chi connectivity index (χ1) is 20.4. The van der Waals surface area contributed by atoms with Crippen molar-refractivity contribution < 1.29 is 17.9 Å². The first-order valence-electron chi connectivity index (χ1n) is 13.7. The maximum atomic E-state index is 13.6. The molecule has 4 aromatic rings. The van der Waals surface area contributed by atoms with E-state index in [1.54, 1.807) is 54.6 Å². The molecule has 0 radical (unpaired) electrons. The van der Waals surface area contributed by atoms with Crippen molar-refractivity contribution in [1.82, 2.24) is 14.3 Å². The highest BCUT2D eigenvalue weighted by Crippen LogP contribution is 2.27. The van der Waals surface area contributed by atoms with Gasteiger partial charge in [0.1, 0.15) is 11.6 Å². The number of aromatic nitrogens is 2. The van der Waals surface area contributed by atoms with Crippen molar-refractivity contribution >= 4 is 50.1 Å². The van der Waals surface area contributed by atoms with Gasteiger partial charge in [0.25, 0.3) is 15.6 Å². The van der Waals surface area contributed by atoms with Crippen molar-refractivity contribution in [3.8, 4) is 11.4 Å². The van der Waals surface area contributed by atoms with Gasteiger partial charge in [0.05, 0.1) is 33.8 Å². The van der Waals surface area contributed by atoms with Crippen LogP contribution in [0.5, 0.6) is 5.75 Å². The van der Waals surface area contributed by atoms with E-state index in [2.05, 4.69) is 15.0 Å². The fourth-order valence-corrected chi connectivity index (χ4v) is 6.52. The molecular weight excluding hydrogens is 574 g/mol. The normalized spacial score (nSPS) is 13.7. The first-order valence-corrected chi connectivity index (χ1v) is 16.2. The Morgan fingerprint density at radius 1 is 1.02 bits per heavy atom. The van der Waals surface area contributed by atoms with Crippen molar-refractivity contribution in [3.63, 3.8) is 0 Å². The largest absolute Gasteiger partial charge is 0.492 e. The number of nitrogens with zero attached hydrogens (tertiary/aromatic N) is 3. The number of anilines is 1. The predicted molar refractivity (Wildman–Crippen MR) is 165 cm³/mol. The zero-order chi connectivity index (χ0) is 29.5. The molecule has 2 N–H and O–H groups in total. The van der Waals surface area contributed by atoms with Crippen LogP contribution in [0.1, 0.15) is 32.6 Å². The minimum Gasteiger partial charge on any atom is -0.492 e. The Labute approximate surface area is 248 Å². The summed E-state index contributed by atoms with van der Waals surface area (Å²) in [5, 5.41) is 3.53. The van der Waals surface area contributed by atoms with Gasteiger partial charge in [-0.2, -0.15) is 0 Å². The second-order valence-electron chi connectivity index (χ2n) is 9.56. The van der Waals surface area contributed by atoms with Gasteiger partial charge in [0.2, 0.25) is 5.91 Å². The number of amides is 1. The highest BCUT2D eigenvalue weighted by atomic mass is 32.2. The van der Waals surface area contributed by atoms with Gasteiger partial charge in [0, 0.05) is 18.7 Å². The van der Waals surface area contributed by atoms with E-state index in [0.717, 1.165) is 31.0 Å². The number of aliphatic imine (C=N–C) groups is 1. The highest BCUT2D eigenvalue weighted by Gasteiger charge is 2.20. The molecule has 3 aromatic carbocycles. The number of rotatable bonds is 9. The Hall–Kier alpha value is -4.16. The van der Waals surface area contributed by atoms with Crippen molar-refractivity contribution in [3.05, 3.63) is 83.2 Å². The van der Waals surface area contributed by atoms with Crippen LogP contribution in [0.15, 0.2) is 92.6 Å². The fourth-order valence-electron chi connectivity index (χ4n) is 4.58. The SMILES string of the molecule is CCOc1ccccc1-n1c(SCC(=O)Nc2cccc(S(=O)(=O)NC3=NCCCCC3)c2)nc2ccccc2c1=O. The zero-order valence-corrected chi connectivity index (χ0v) is 24.7. The number of para-hydroxylation sites is 3. The van der Waals surface area contributed by atoms with Crippen LogP contribution in [0.25, 0.3) is 16.6 Å². The molecule has 0 saturated heterocycles. The Kier molecular flexibility index (Phi) is 9.23. The minimum atomic E-state index is -3.86. The molecule has 0 spiro atoms. The molecule has 2 heterocycles. The van der Waals surface area contributed by atoms with Gasteiger partial charge in [-0.05, 0) is 62.2 Å². The van der Waals surface area contributed by atoms with Crippen LogP contribution < -0.4 is 20.3 Å². The molecule has 42 heavy (non-hydrogen) atoms. The third-order valence-corrected chi connectivity index (χ3v) is 8.86. The summed E-state index contributed by atoms with van der Waals surface area (Å²) in [6, 6.07) is 20.3. The zero-order valence-electron chi connectivity index (χ0n) is 23.1. The number of amidine groups is 1. The Bertz CT molecular complexity index is 1800. The van der Waals surface area contributed by atoms with E-state index in [1.165, 1.54) is 16.7 Å². The second kappa shape index (κ2) is 13.2. The second-order valence-corrected chi connectivity index (χ2v) is 12.2. The molecule has 0 aliphatic carbocycles. The van der Waals surface area contributed by atoms with Gasteiger partial charge in [-0.3, -0.25) is 23.9 Å². The lowest BCUT2D eigenvalue weighted by Gasteiger charge is -2.16. The Morgan fingerprint density at radius 2 is 1.83 bits per heavy atom. The smallest absolute Gasteiger partial charge is 0.266 e. The van der Waals surface area contributed by atoms with Gasteiger partial charge in [-0.15, -0.1) is 0 Å². The lowest BCUT2D eigenvalue weighted by atomic mass is 10.2. The third kappa shape index (κ3) is 6.82. The molecule has 0 bridgehead atoms. The molecule has 0 unspecified atom stereocenters. The van der Waals surface area contributed by atoms with Gasteiger partial charge < -0.3 is 10.1 Å². The molecule has 218 valence electrons. The maximum absolute atomic E-state index is 13.6. The number of nitrogens with one attached hydrogen (secondary N) is 2. The highest BCUT2D eigenvalue weighted by molar-refractivity contribution is 7.99. The maximum Gasteiger partial charge on any atom is 0.266 e. The monoisotopic (exact) mass is 605 g/mol. The number of hydrogen-bond donors (Lipinski definition) is 2. The fraction of sp³-hybridized carbons (Fsp3) is 0.267. The van der Waals surface area contributed by atoms with E-state index in [4.69, 9.17) is 9.72 Å². The summed E-state index contributed by atoms with van der Waals surface area (Å²) >= 11 is 1.10. The van der Waals surface area contributed by atoms with Gasteiger partial charge in [0.15, 0.2) is 5.16 Å². The molecule has 1 aromatic heterocycles. The summed E-state index contributed by atoms with van der Waals surface area (Å²) in [5.74, 6) is 0.515. The standard InChI is InChI=1S/C30H31N5O5S2/c1-2-40-26-16-8-7-15-25(26)35-29(37)23-13-5-6-14-24(23)33-30(35)41-20-28(36)32-21-11-10-12-22(19-21)42(38,39)34-27-17-4-3-9-18-31-27/h5-8,10-16,19H,2-4,9,17-18,20H2,1H3,(H,31,34)(H,32,36). The molecule has 1 aliphatic rings. The number of benzene rings is 3. The van der Waals surface area contributed by atoms with Crippen molar-refractivity contribution in [1.29, 1.82) is 0 Å². The van der Waals surface area contributed by atoms with Crippen LogP contribution in [0.4, 0.5) is 5.69 Å². The van der Waals surface area contributed by atoms with Gasteiger partial charge in [-0.1, -0.05) is 48.5 Å². The number of hydrogen-bond acceptors (Lipinski definition) is 8. The average Bonchev–Trinajstić information content (AvgIpc) is 3.25. The lowest BCUT2D eigenvalue weighted by molar-refractivity contribution is -0.113. The predicted octanol–water partition coefficient (Wildman–Crippen LogP) is 4.77. The van der Waals surface area contributed by atoms with E-state index in [1.807, 2.05) is 13.0 Å². The number of carbonyl (C=O) groups excluding carboxylic acids is 1. The third-order valence-electron chi connectivity index (χ3n) is 6.54. The molecule has 10 nitrogen and oxygen atoms in total. The molecule has 1 aliphatic heterocycles. The first kappa shape index (κ1) is 29.3. The van der Waals surface area contributed by atoms with Crippen LogP contribution >= 0.6 is 11.8 Å². The summed E-state index contributed by atoms with van der Waals surface area (Å²) in [6.45, 7) is 2.87. The van der Waals surface area contributed by atoms with Crippen molar-refractivity contribution in [2.24, 2.45) is 4.99 Å². The van der Waals surface area contributed by atoms with E-state index >= 15 is 0 Å². The summed E-state index contributed by atoms with van der Waals surface area (Å²) in [6.07, 6.45) is 3.41. The van der Waals surface area contributed by atoms with E-state index in [9.17, 15) is 18.0 Å². The van der Waals surface area contributed by atoms with Crippen molar-refractivity contribution in [2.75, 3.05) is 24.2 Å². The summed E-state index contributed by atoms with van der Waals surface area (Å²) in [5.41, 5.74) is 1.09. The number of carbonyl (C=O) groups is 1. The van der Waals surface area contributed by atoms with Crippen LogP contribution in [0.3, 0.4) is 0 Å². The van der Waals surface area contributed by atoms with E-state index < -0.39 is 10.0 Å². The van der Waals surface area contributed by atoms with Crippen LogP contribution in [-0.4, -0.2) is 48.6 Å². The van der Waals surface area contributed by atoms with E-state index in [0.29, 0.717) is 58.6 Å². The summed E-state index contributed by atoms with van der Waals surface area (Å²) in [4.78, 5) is 35.7. The number of thioether (sulfide) groups is 1. The molecule has 5 rings (SSSR count). The van der Waals surface area contributed by atoms with Gasteiger partial charge in [-0.25, -0.2) is 13.4 Å².